The third kappa shape index (κ3) is 2.82. The summed E-state index contributed by atoms with van der Waals surface area (Å²) in [6, 6.07) is 2.22. The molecule has 2 N–H and O–H groups in total. The molecule has 0 aliphatic carbocycles. The van der Waals surface area contributed by atoms with Crippen LogP contribution in [0.2, 0.25) is 0 Å². The zero-order valence-electron chi connectivity index (χ0n) is 11.7. The number of nitrogens with two attached hydrogens (primary N) is 1. The Morgan fingerprint density at radius 1 is 1.33 bits per heavy atom. The molecule has 0 saturated carbocycles. The van der Waals surface area contributed by atoms with Gasteiger partial charge in [-0.05, 0) is 37.6 Å². The number of aromatic nitrogens is 1. The summed E-state index contributed by atoms with van der Waals surface area (Å²) in [5.74, 6) is 1.12. The SMILES string of the molecule is CCN1CCN(c2ncc([C@H](C)N)cc2C)CC1. The van der Waals surface area contributed by atoms with Crippen LogP contribution in [-0.2, 0) is 0 Å². The Bertz CT molecular complexity index is 395. The molecule has 0 amide bonds. The van der Waals surface area contributed by atoms with Gasteiger partial charge in [-0.2, -0.15) is 0 Å². The molecule has 1 aromatic heterocycles. The van der Waals surface area contributed by atoms with Gasteiger partial charge in [0, 0.05) is 38.4 Å². The number of piperazine rings is 1. The van der Waals surface area contributed by atoms with Gasteiger partial charge in [-0.3, -0.25) is 0 Å². The molecular formula is C14H24N4. The van der Waals surface area contributed by atoms with Gasteiger partial charge in [-0.25, -0.2) is 4.98 Å². The Hall–Kier alpha value is -1.13. The summed E-state index contributed by atoms with van der Waals surface area (Å²) in [7, 11) is 0. The molecule has 1 aliphatic rings. The molecule has 1 fully saturated rings. The topological polar surface area (TPSA) is 45.4 Å². The van der Waals surface area contributed by atoms with Crippen molar-refractivity contribution in [1.29, 1.82) is 0 Å². The second-order valence-electron chi connectivity index (χ2n) is 5.12. The molecule has 2 heterocycles. The van der Waals surface area contributed by atoms with Crippen LogP contribution < -0.4 is 10.6 Å². The van der Waals surface area contributed by atoms with Crippen molar-refractivity contribution in [3.05, 3.63) is 23.4 Å². The molecule has 0 aromatic carbocycles. The van der Waals surface area contributed by atoms with E-state index < -0.39 is 0 Å². The summed E-state index contributed by atoms with van der Waals surface area (Å²) in [5.41, 5.74) is 8.23. The number of rotatable bonds is 3. The molecule has 0 unspecified atom stereocenters. The third-order valence-corrected chi connectivity index (χ3v) is 3.72. The Morgan fingerprint density at radius 3 is 2.50 bits per heavy atom. The van der Waals surface area contributed by atoms with E-state index in [1.807, 2.05) is 13.1 Å². The van der Waals surface area contributed by atoms with E-state index in [0.29, 0.717) is 0 Å². The summed E-state index contributed by atoms with van der Waals surface area (Å²) < 4.78 is 0. The maximum atomic E-state index is 5.89. The Morgan fingerprint density at radius 2 is 2.00 bits per heavy atom. The number of hydrogen-bond acceptors (Lipinski definition) is 4. The fourth-order valence-corrected chi connectivity index (χ4v) is 2.45. The van der Waals surface area contributed by atoms with Gasteiger partial charge in [0.15, 0.2) is 0 Å². The van der Waals surface area contributed by atoms with E-state index in [-0.39, 0.29) is 6.04 Å². The number of anilines is 1. The van der Waals surface area contributed by atoms with E-state index in [4.69, 9.17) is 5.73 Å². The number of aryl methyl sites for hydroxylation is 1. The van der Waals surface area contributed by atoms with E-state index >= 15 is 0 Å². The minimum Gasteiger partial charge on any atom is -0.354 e. The lowest BCUT2D eigenvalue weighted by Crippen LogP contribution is -2.46. The highest BCUT2D eigenvalue weighted by Gasteiger charge is 2.18. The zero-order chi connectivity index (χ0) is 13.1. The second-order valence-corrected chi connectivity index (χ2v) is 5.12. The lowest BCUT2D eigenvalue weighted by Gasteiger charge is -2.35. The van der Waals surface area contributed by atoms with Crippen LogP contribution in [0.1, 0.15) is 31.0 Å². The van der Waals surface area contributed by atoms with Crippen molar-refractivity contribution in [3.63, 3.8) is 0 Å². The van der Waals surface area contributed by atoms with Gasteiger partial charge in [0.2, 0.25) is 0 Å². The maximum absolute atomic E-state index is 5.89. The predicted octanol–water partition coefficient (Wildman–Crippen LogP) is 1.55. The number of likely N-dealkylation sites (N-methyl/N-ethyl adjacent to an activating group) is 1. The Labute approximate surface area is 110 Å². The molecule has 1 atom stereocenters. The summed E-state index contributed by atoms with van der Waals surface area (Å²) in [5, 5.41) is 0. The van der Waals surface area contributed by atoms with E-state index in [0.717, 1.165) is 44.1 Å². The number of hydrogen-bond donors (Lipinski definition) is 1. The lowest BCUT2D eigenvalue weighted by atomic mass is 10.1. The molecule has 1 aromatic rings. The van der Waals surface area contributed by atoms with Crippen LogP contribution >= 0.6 is 0 Å². The van der Waals surface area contributed by atoms with Gasteiger partial charge in [0.25, 0.3) is 0 Å². The molecular weight excluding hydrogens is 224 g/mol. The van der Waals surface area contributed by atoms with Crippen molar-refractivity contribution < 1.29 is 0 Å². The molecule has 1 aliphatic heterocycles. The zero-order valence-corrected chi connectivity index (χ0v) is 11.7. The van der Waals surface area contributed by atoms with Crippen molar-refractivity contribution in [1.82, 2.24) is 9.88 Å². The quantitative estimate of drug-likeness (QED) is 0.881. The molecule has 18 heavy (non-hydrogen) atoms. The Balaban J connectivity index is 2.10. The highest BCUT2D eigenvalue weighted by atomic mass is 15.3. The number of pyridine rings is 1. The molecule has 100 valence electrons. The van der Waals surface area contributed by atoms with Gasteiger partial charge >= 0.3 is 0 Å². The first-order valence-electron chi connectivity index (χ1n) is 6.81. The fourth-order valence-electron chi connectivity index (χ4n) is 2.45. The highest BCUT2D eigenvalue weighted by Crippen LogP contribution is 2.21. The normalized spacial score (nSPS) is 19.0. The van der Waals surface area contributed by atoms with Gasteiger partial charge in [-0.15, -0.1) is 0 Å². The summed E-state index contributed by atoms with van der Waals surface area (Å²) in [4.78, 5) is 9.46. The molecule has 4 heteroatoms. The highest BCUT2D eigenvalue weighted by molar-refractivity contribution is 5.48. The summed E-state index contributed by atoms with van der Waals surface area (Å²) >= 11 is 0. The Kier molecular flexibility index (Phi) is 4.19. The lowest BCUT2D eigenvalue weighted by molar-refractivity contribution is 0.270. The van der Waals surface area contributed by atoms with Crippen molar-refractivity contribution in [2.45, 2.75) is 26.8 Å². The standard InChI is InChI=1S/C14H24N4/c1-4-17-5-7-18(8-6-17)14-11(2)9-13(10-16-14)12(3)15/h9-10,12H,4-8,15H2,1-3H3/t12-/m0/s1. The molecule has 0 bridgehead atoms. The van der Waals surface area contributed by atoms with Gasteiger partial charge in [-0.1, -0.05) is 6.92 Å². The van der Waals surface area contributed by atoms with E-state index in [9.17, 15) is 0 Å². The minimum absolute atomic E-state index is 0.0576. The summed E-state index contributed by atoms with van der Waals surface area (Å²) in [6.07, 6.45) is 1.92. The van der Waals surface area contributed by atoms with Crippen LogP contribution in [0, 0.1) is 6.92 Å². The molecule has 0 radical (unpaired) electrons. The van der Waals surface area contributed by atoms with Crippen molar-refractivity contribution in [3.8, 4) is 0 Å². The minimum atomic E-state index is 0.0576. The van der Waals surface area contributed by atoms with Crippen LogP contribution in [0.4, 0.5) is 5.82 Å². The molecule has 4 nitrogen and oxygen atoms in total. The molecule has 2 rings (SSSR count). The second kappa shape index (κ2) is 5.67. The van der Waals surface area contributed by atoms with E-state index in [2.05, 4.69) is 34.7 Å². The van der Waals surface area contributed by atoms with Crippen LogP contribution in [0.3, 0.4) is 0 Å². The van der Waals surface area contributed by atoms with Gasteiger partial charge in [0.1, 0.15) is 5.82 Å². The average molecular weight is 248 g/mol. The molecule has 1 saturated heterocycles. The number of nitrogens with zero attached hydrogens (tertiary/aromatic N) is 3. The first-order chi connectivity index (χ1) is 8.61. The van der Waals surface area contributed by atoms with Crippen molar-refractivity contribution >= 4 is 5.82 Å². The van der Waals surface area contributed by atoms with Crippen LogP contribution in [0.25, 0.3) is 0 Å². The van der Waals surface area contributed by atoms with Gasteiger partial charge < -0.3 is 15.5 Å². The van der Waals surface area contributed by atoms with Crippen LogP contribution in [0.15, 0.2) is 12.3 Å². The maximum Gasteiger partial charge on any atom is 0.131 e. The van der Waals surface area contributed by atoms with E-state index in [1.165, 1.54) is 5.56 Å². The summed E-state index contributed by atoms with van der Waals surface area (Å²) in [6.45, 7) is 11.9. The smallest absolute Gasteiger partial charge is 0.131 e. The predicted molar refractivity (Wildman–Crippen MR) is 75.9 cm³/mol. The van der Waals surface area contributed by atoms with Crippen LogP contribution in [0.5, 0.6) is 0 Å². The first-order valence-corrected chi connectivity index (χ1v) is 6.81. The van der Waals surface area contributed by atoms with Crippen LogP contribution in [-0.4, -0.2) is 42.6 Å². The average Bonchev–Trinajstić information content (AvgIpc) is 2.38. The third-order valence-electron chi connectivity index (χ3n) is 3.72. The largest absolute Gasteiger partial charge is 0.354 e. The fraction of sp³-hybridized carbons (Fsp3) is 0.643. The van der Waals surface area contributed by atoms with Crippen molar-refractivity contribution in [2.75, 3.05) is 37.6 Å². The monoisotopic (exact) mass is 248 g/mol. The van der Waals surface area contributed by atoms with Gasteiger partial charge in [0.05, 0.1) is 0 Å². The molecule has 0 spiro atoms. The van der Waals surface area contributed by atoms with E-state index in [1.54, 1.807) is 0 Å². The van der Waals surface area contributed by atoms with Crippen molar-refractivity contribution in [2.24, 2.45) is 5.73 Å². The first kappa shape index (κ1) is 13.3.